The molecule has 0 spiro atoms. The highest BCUT2D eigenvalue weighted by atomic mass is 32.2. The van der Waals surface area contributed by atoms with Gasteiger partial charge in [0.05, 0.1) is 16.7 Å². The van der Waals surface area contributed by atoms with Gasteiger partial charge in [-0.05, 0) is 38.0 Å². The van der Waals surface area contributed by atoms with Crippen LogP contribution >= 0.6 is 0 Å². The van der Waals surface area contributed by atoms with Crippen LogP contribution in [-0.2, 0) is 14.8 Å². The lowest BCUT2D eigenvalue weighted by Gasteiger charge is -2.35. The number of hydrogen-bond donors (Lipinski definition) is 3. The number of aromatic hydroxyl groups is 1. The molecular weight excluding hydrogens is 268 g/mol. The van der Waals surface area contributed by atoms with Crippen molar-refractivity contribution in [3.8, 4) is 5.75 Å². The van der Waals surface area contributed by atoms with Crippen molar-refractivity contribution in [1.82, 2.24) is 4.72 Å². The summed E-state index contributed by atoms with van der Waals surface area (Å²) < 4.78 is 32.1. The van der Waals surface area contributed by atoms with Crippen molar-refractivity contribution in [1.29, 1.82) is 0 Å². The molecule has 6 nitrogen and oxygen atoms in total. The van der Waals surface area contributed by atoms with Crippen LogP contribution in [0.15, 0.2) is 23.1 Å². The Kier molecular flexibility index (Phi) is 3.98. The van der Waals surface area contributed by atoms with Crippen LogP contribution in [0.25, 0.3) is 0 Å². The van der Waals surface area contributed by atoms with Gasteiger partial charge >= 0.3 is 0 Å². The Morgan fingerprint density at radius 2 is 2.16 bits per heavy atom. The van der Waals surface area contributed by atoms with Crippen LogP contribution < -0.4 is 10.5 Å². The van der Waals surface area contributed by atoms with Gasteiger partial charge in [-0.15, -0.1) is 0 Å². The number of nitrogens with one attached hydrogen (secondary N) is 1. The van der Waals surface area contributed by atoms with Crippen molar-refractivity contribution in [2.45, 2.75) is 36.8 Å². The molecule has 2 rings (SSSR count). The second kappa shape index (κ2) is 5.36. The standard InChI is InChI=1S/C12H18N2O4S/c1-2-18-9-5-8(6-9)14-19(16,17)10-3-4-12(15)11(13)7-10/h3-4,7-9,14-15H,2,5-6,13H2,1H3. The third kappa shape index (κ3) is 3.17. The Morgan fingerprint density at radius 1 is 1.47 bits per heavy atom. The molecule has 0 heterocycles. The third-order valence-corrected chi connectivity index (χ3v) is 4.65. The Hall–Kier alpha value is -1.31. The molecule has 0 unspecified atom stereocenters. The zero-order valence-electron chi connectivity index (χ0n) is 10.7. The summed E-state index contributed by atoms with van der Waals surface area (Å²) in [5.41, 5.74) is 5.54. The lowest BCUT2D eigenvalue weighted by molar-refractivity contribution is -0.00475. The molecule has 7 heteroatoms. The second-order valence-electron chi connectivity index (χ2n) is 4.59. The van der Waals surface area contributed by atoms with Crippen molar-refractivity contribution in [2.75, 3.05) is 12.3 Å². The number of sulfonamides is 1. The molecule has 4 N–H and O–H groups in total. The largest absolute Gasteiger partial charge is 0.506 e. The van der Waals surface area contributed by atoms with Gasteiger partial charge in [0.15, 0.2) is 0 Å². The van der Waals surface area contributed by atoms with E-state index in [-0.39, 0.29) is 28.5 Å². The molecule has 1 saturated carbocycles. The summed E-state index contributed by atoms with van der Waals surface area (Å²) >= 11 is 0. The molecule has 0 aromatic heterocycles. The molecule has 1 aliphatic rings. The fraction of sp³-hybridized carbons (Fsp3) is 0.500. The summed E-state index contributed by atoms with van der Waals surface area (Å²) in [5, 5.41) is 9.29. The normalized spacial score (nSPS) is 23.0. The summed E-state index contributed by atoms with van der Waals surface area (Å²) in [6.45, 7) is 2.55. The number of hydrogen-bond acceptors (Lipinski definition) is 5. The molecule has 0 radical (unpaired) electrons. The highest BCUT2D eigenvalue weighted by Gasteiger charge is 2.33. The van der Waals surface area contributed by atoms with Gasteiger partial charge in [-0.25, -0.2) is 13.1 Å². The quantitative estimate of drug-likeness (QED) is 0.549. The number of anilines is 1. The molecule has 0 bridgehead atoms. The van der Waals surface area contributed by atoms with Crippen LogP contribution in [0.2, 0.25) is 0 Å². The summed E-state index contributed by atoms with van der Waals surface area (Å²) in [7, 11) is -3.59. The van der Waals surface area contributed by atoms with Gasteiger partial charge in [-0.1, -0.05) is 0 Å². The van der Waals surface area contributed by atoms with Crippen LogP contribution in [0.3, 0.4) is 0 Å². The lowest BCUT2D eigenvalue weighted by Crippen LogP contribution is -2.47. The van der Waals surface area contributed by atoms with Gasteiger partial charge in [0.25, 0.3) is 0 Å². The highest BCUT2D eigenvalue weighted by Crippen LogP contribution is 2.27. The minimum Gasteiger partial charge on any atom is -0.506 e. The van der Waals surface area contributed by atoms with E-state index in [1.807, 2.05) is 6.92 Å². The molecular formula is C12H18N2O4S. The Labute approximate surface area is 112 Å². The first kappa shape index (κ1) is 14.1. The van der Waals surface area contributed by atoms with E-state index >= 15 is 0 Å². The maximum atomic E-state index is 12.1. The average molecular weight is 286 g/mol. The maximum Gasteiger partial charge on any atom is 0.240 e. The monoisotopic (exact) mass is 286 g/mol. The molecule has 106 valence electrons. The Bertz CT molecular complexity index is 553. The van der Waals surface area contributed by atoms with Crippen molar-refractivity contribution in [2.24, 2.45) is 0 Å². The van der Waals surface area contributed by atoms with E-state index in [2.05, 4.69) is 4.72 Å². The molecule has 1 fully saturated rings. The molecule has 0 atom stereocenters. The smallest absolute Gasteiger partial charge is 0.240 e. The van der Waals surface area contributed by atoms with Crippen molar-refractivity contribution in [3.05, 3.63) is 18.2 Å². The first-order valence-electron chi connectivity index (χ1n) is 6.15. The Balaban J connectivity index is 2.01. The molecule has 0 amide bonds. The van der Waals surface area contributed by atoms with Crippen LogP contribution in [0.5, 0.6) is 5.75 Å². The van der Waals surface area contributed by atoms with Gasteiger partial charge in [0, 0.05) is 12.6 Å². The molecule has 1 aromatic rings. The fourth-order valence-corrected chi connectivity index (χ4v) is 3.32. The van der Waals surface area contributed by atoms with Gasteiger partial charge in [-0.2, -0.15) is 0 Å². The summed E-state index contributed by atoms with van der Waals surface area (Å²) in [4.78, 5) is 0.0580. The van der Waals surface area contributed by atoms with Crippen molar-refractivity contribution >= 4 is 15.7 Å². The zero-order chi connectivity index (χ0) is 14.0. The molecule has 1 aromatic carbocycles. The number of phenolic OH excluding ortho intramolecular Hbond substituents is 1. The average Bonchev–Trinajstić information content (AvgIpc) is 2.30. The molecule has 19 heavy (non-hydrogen) atoms. The number of benzene rings is 1. The van der Waals surface area contributed by atoms with Gasteiger partial charge in [-0.3, -0.25) is 0 Å². The molecule has 0 aliphatic heterocycles. The van der Waals surface area contributed by atoms with Crippen LogP contribution in [0.4, 0.5) is 5.69 Å². The maximum absolute atomic E-state index is 12.1. The van der Waals surface area contributed by atoms with E-state index in [4.69, 9.17) is 10.5 Å². The van der Waals surface area contributed by atoms with Crippen LogP contribution in [0.1, 0.15) is 19.8 Å². The number of nitrogen functional groups attached to an aromatic ring is 1. The SMILES string of the molecule is CCOC1CC(NS(=O)(=O)c2ccc(O)c(N)c2)C1. The minimum atomic E-state index is -3.59. The number of nitrogens with two attached hydrogens (primary N) is 1. The van der Waals surface area contributed by atoms with E-state index in [0.717, 1.165) is 0 Å². The number of phenols is 1. The molecule has 0 saturated heterocycles. The van der Waals surface area contributed by atoms with Gasteiger partial charge in [0.2, 0.25) is 10.0 Å². The van der Waals surface area contributed by atoms with Gasteiger partial charge < -0.3 is 15.6 Å². The van der Waals surface area contributed by atoms with E-state index in [1.165, 1.54) is 18.2 Å². The predicted molar refractivity (Wildman–Crippen MR) is 71.3 cm³/mol. The van der Waals surface area contributed by atoms with E-state index in [0.29, 0.717) is 19.4 Å². The molecule has 1 aliphatic carbocycles. The summed E-state index contributed by atoms with van der Waals surface area (Å²) in [5.74, 6) is -0.126. The fourth-order valence-electron chi connectivity index (χ4n) is 2.02. The van der Waals surface area contributed by atoms with Gasteiger partial charge in [0.1, 0.15) is 5.75 Å². The number of ether oxygens (including phenoxy) is 1. The predicted octanol–water partition coefficient (Wildman–Crippen LogP) is 0.820. The topological polar surface area (TPSA) is 102 Å². The van der Waals surface area contributed by atoms with E-state index in [9.17, 15) is 13.5 Å². The first-order chi connectivity index (χ1) is 8.92. The Morgan fingerprint density at radius 3 is 2.74 bits per heavy atom. The van der Waals surface area contributed by atoms with Crippen LogP contribution in [-0.4, -0.2) is 32.3 Å². The second-order valence-corrected chi connectivity index (χ2v) is 6.30. The minimum absolute atomic E-state index is 0.0451. The first-order valence-corrected chi connectivity index (χ1v) is 7.63. The summed E-state index contributed by atoms with van der Waals surface area (Å²) in [6, 6.07) is 3.74. The van der Waals surface area contributed by atoms with E-state index < -0.39 is 10.0 Å². The highest BCUT2D eigenvalue weighted by molar-refractivity contribution is 7.89. The summed E-state index contributed by atoms with van der Waals surface area (Å²) in [6.07, 6.45) is 1.50. The lowest BCUT2D eigenvalue weighted by atomic mass is 9.90. The van der Waals surface area contributed by atoms with Crippen molar-refractivity contribution < 1.29 is 18.3 Å². The van der Waals surface area contributed by atoms with E-state index in [1.54, 1.807) is 0 Å². The van der Waals surface area contributed by atoms with Crippen LogP contribution in [0, 0.1) is 0 Å². The zero-order valence-corrected chi connectivity index (χ0v) is 11.5. The third-order valence-electron chi connectivity index (χ3n) is 3.13. The number of rotatable bonds is 5. The van der Waals surface area contributed by atoms with Crippen molar-refractivity contribution in [3.63, 3.8) is 0 Å².